The maximum absolute atomic E-state index is 12.1. The topological polar surface area (TPSA) is 64.5 Å². The van der Waals surface area contributed by atoms with Gasteiger partial charge >= 0.3 is 6.09 Å². The van der Waals surface area contributed by atoms with Gasteiger partial charge in [0.1, 0.15) is 5.60 Å². The number of pyridine rings is 2. The van der Waals surface area contributed by atoms with Gasteiger partial charge in [0.15, 0.2) is 5.65 Å². The van der Waals surface area contributed by atoms with E-state index in [1.54, 1.807) is 11.1 Å². The largest absolute Gasteiger partial charge is 0.444 e. The van der Waals surface area contributed by atoms with Gasteiger partial charge < -0.3 is 14.4 Å². The number of fused-ring (bicyclic) bond motifs is 1. The molecule has 2 aromatic rings. The van der Waals surface area contributed by atoms with Crippen LogP contribution in [0.3, 0.4) is 0 Å². The number of ether oxygens (including phenoxy) is 2. The van der Waals surface area contributed by atoms with Crippen LogP contribution >= 0.6 is 0 Å². The summed E-state index contributed by atoms with van der Waals surface area (Å²) < 4.78 is 11.4. The molecule has 0 aliphatic carbocycles. The van der Waals surface area contributed by atoms with Crippen molar-refractivity contribution in [3.63, 3.8) is 0 Å². The maximum atomic E-state index is 12.1. The summed E-state index contributed by atoms with van der Waals surface area (Å²) in [5.74, 6) is 0. The number of carbonyl (C=O) groups is 1. The Morgan fingerprint density at radius 1 is 1.28 bits per heavy atom. The zero-order chi connectivity index (χ0) is 20.9. The molecule has 3 heterocycles. The third-order valence-electron chi connectivity index (χ3n) is 5.07. The van der Waals surface area contributed by atoms with E-state index in [9.17, 15) is 4.79 Å². The predicted octanol–water partition coefficient (Wildman–Crippen LogP) is 4.68. The molecular formula is C23H33N3O3. The molecule has 6 heteroatoms. The second kappa shape index (κ2) is 9.53. The van der Waals surface area contributed by atoms with E-state index in [4.69, 9.17) is 9.47 Å². The maximum Gasteiger partial charge on any atom is 0.410 e. The van der Waals surface area contributed by atoms with E-state index in [1.165, 1.54) is 5.56 Å². The average molecular weight is 400 g/mol. The van der Waals surface area contributed by atoms with E-state index < -0.39 is 5.60 Å². The van der Waals surface area contributed by atoms with Gasteiger partial charge in [0, 0.05) is 30.4 Å². The van der Waals surface area contributed by atoms with Crippen molar-refractivity contribution < 1.29 is 14.3 Å². The van der Waals surface area contributed by atoms with Gasteiger partial charge in [-0.1, -0.05) is 6.42 Å². The molecule has 1 atom stereocenters. The summed E-state index contributed by atoms with van der Waals surface area (Å²) in [4.78, 5) is 22.9. The first kappa shape index (κ1) is 21.5. The van der Waals surface area contributed by atoms with Crippen LogP contribution in [0.2, 0.25) is 0 Å². The van der Waals surface area contributed by atoms with Crippen molar-refractivity contribution in [1.82, 2.24) is 14.9 Å². The van der Waals surface area contributed by atoms with Gasteiger partial charge in [-0.05, 0) is 77.1 Å². The predicted molar refractivity (Wildman–Crippen MR) is 114 cm³/mol. The Hall–Kier alpha value is -2.21. The first-order valence-corrected chi connectivity index (χ1v) is 10.6. The van der Waals surface area contributed by atoms with Crippen molar-refractivity contribution in [1.29, 1.82) is 0 Å². The Kier molecular flexibility index (Phi) is 7.06. The molecule has 158 valence electrons. The molecule has 3 rings (SSSR count). The van der Waals surface area contributed by atoms with E-state index in [1.807, 2.05) is 26.8 Å². The lowest BCUT2D eigenvalue weighted by molar-refractivity contribution is 0.0206. The molecule has 0 bridgehead atoms. The summed E-state index contributed by atoms with van der Waals surface area (Å²) in [6.07, 6.45) is 6.73. The molecule has 6 nitrogen and oxygen atoms in total. The van der Waals surface area contributed by atoms with E-state index in [2.05, 4.69) is 29.0 Å². The summed E-state index contributed by atoms with van der Waals surface area (Å²) in [6.45, 7) is 9.85. The van der Waals surface area contributed by atoms with Crippen LogP contribution in [0.4, 0.5) is 4.79 Å². The number of amides is 1. The fraction of sp³-hybridized carbons (Fsp3) is 0.609. The molecule has 29 heavy (non-hydrogen) atoms. The van der Waals surface area contributed by atoms with Crippen LogP contribution in [0.1, 0.15) is 57.7 Å². The van der Waals surface area contributed by atoms with E-state index in [-0.39, 0.29) is 12.2 Å². The lowest BCUT2D eigenvalue weighted by Gasteiger charge is -2.24. The zero-order valence-corrected chi connectivity index (χ0v) is 18.1. The minimum atomic E-state index is -0.454. The van der Waals surface area contributed by atoms with E-state index >= 15 is 0 Å². The smallest absolute Gasteiger partial charge is 0.410 e. The molecule has 0 unspecified atom stereocenters. The van der Waals surface area contributed by atoms with Gasteiger partial charge in [0.2, 0.25) is 0 Å². The number of carbonyl (C=O) groups excluding carboxylic acids is 1. The normalized spacial score (nSPS) is 17.1. The molecule has 1 saturated heterocycles. The highest BCUT2D eigenvalue weighted by Crippen LogP contribution is 2.19. The summed E-state index contributed by atoms with van der Waals surface area (Å²) in [5.41, 5.74) is 2.72. The van der Waals surface area contributed by atoms with Crippen LogP contribution in [-0.2, 0) is 15.9 Å². The Morgan fingerprint density at radius 2 is 2.10 bits per heavy atom. The third-order valence-corrected chi connectivity index (χ3v) is 5.07. The Bertz CT molecular complexity index is 832. The van der Waals surface area contributed by atoms with Gasteiger partial charge in [0.25, 0.3) is 0 Å². The minimum Gasteiger partial charge on any atom is -0.444 e. The van der Waals surface area contributed by atoms with Crippen molar-refractivity contribution in [2.75, 3.05) is 19.7 Å². The molecule has 0 N–H and O–H groups in total. The molecular weight excluding hydrogens is 366 g/mol. The summed E-state index contributed by atoms with van der Waals surface area (Å²) >= 11 is 0. The second-order valence-electron chi connectivity index (χ2n) is 8.82. The zero-order valence-electron chi connectivity index (χ0n) is 18.1. The number of unbranched alkanes of at least 4 members (excludes halogenated alkanes) is 2. The van der Waals surface area contributed by atoms with E-state index in [0.717, 1.165) is 55.4 Å². The molecule has 1 fully saturated rings. The van der Waals surface area contributed by atoms with Crippen molar-refractivity contribution in [3.05, 3.63) is 35.7 Å². The van der Waals surface area contributed by atoms with Gasteiger partial charge in [-0.3, -0.25) is 0 Å². The fourth-order valence-corrected chi connectivity index (χ4v) is 3.61. The Morgan fingerprint density at radius 3 is 2.90 bits per heavy atom. The molecule has 0 aromatic carbocycles. The number of aryl methyl sites for hydroxylation is 2. The van der Waals surface area contributed by atoms with Gasteiger partial charge in [-0.2, -0.15) is 0 Å². The fourth-order valence-electron chi connectivity index (χ4n) is 3.61. The molecule has 2 aromatic heterocycles. The number of nitrogens with zero attached hydrogens (tertiary/aromatic N) is 3. The highest BCUT2D eigenvalue weighted by atomic mass is 16.6. The average Bonchev–Trinajstić information content (AvgIpc) is 3.12. The Balaban J connectivity index is 1.32. The standard InChI is InChI=1S/C23H33N3O3/c1-17-15-18(25-21-20(17)10-8-12-24-21)9-6-5-7-14-28-19-11-13-26(16-19)22(27)29-23(2,3)4/h8,10,12,15,19H,5-7,9,11,13-14,16H2,1-4H3/t19-/m1/s1. The highest BCUT2D eigenvalue weighted by molar-refractivity contribution is 5.78. The van der Waals surface area contributed by atoms with Crippen LogP contribution in [0.15, 0.2) is 24.4 Å². The molecule has 0 saturated carbocycles. The number of likely N-dealkylation sites (tertiary alicyclic amines) is 1. The monoisotopic (exact) mass is 399 g/mol. The number of hydrogen-bond acceptors (Lipinski definition) is 5. The first-order chi connectivity index (χ1) is 13.8. The highest BCUT2D eigenvalue weighted by Gasteiger charge is 2.30. The Labute approximate surface area is 173 Å². The van der Waals surface area contributed by atoms with Gasteiger partial charge in [0.05, 0.1) is 12.6 Å². The van der Waals surface area contributed by atoms with Crippen molar-refractivity contribution in [2.24, 2.45) is 0 Å². The van der Waals surface area contributed by atoms with Gasteiger partial charge in [-0.25, -0.2) is 14.8 Å². The van der Waals surface area contributed by atoms with Crippen molar-refractivity contribution in [2.45, 2.75) is 71.5 Å². The number of aromatic nitrogens is 2. The molecule has 1 aliphatic heterocycles. The molecule has 0 spiro atoms. The number of hydrogen-bond donors (Lipinski definition) is 0. The molecule has 1 amide bonds. The SMILES string of the molecule is Cc1cc(CCCCCO[C@@H]2CCN(C(=O)OC(C)(C)C)C2)nc2ncccc12. The third kappa shape index (κ3) is 6.39. The molecule has 0 radical (unpaired) electrons. The lowest BCUT2D eigenvalue weighted by atomic mass is 10.1. The van der Waals surface area contributed by atoms with Gasteiger partial charge in [-0.15, -0.1) is 0 Å². The van der Waals surface area contributed by atoms with Crippen LogP contribution < -0.4 is 0 Å². The van der Waals surface area contributed by atoms with Crippen LogP contribution in [0.5, 0.6) is 0 Å². The quantitative estimate of drug-likeness (QED) is 0.633. The number of rotatable bonds is 7. The van der Waals surface area contributed by atoms with E-state index in [0.29, 0.717) is 13.1 Å². The van der Waals surface area contributed by atoms with Crippen molar-refractivity contribution >= 4 is 17.1 Å². The summed E-state index contributed by atoms with van der Waals surface area (Å²) in [7, 11) is 0. The van der Waals surface area contributed by atoms with Crippen LogP contribution in [0.25, 0.3) is 11.0 Å². The lowest BCUT2D eigenvalue weighted by Crippen LogP contribution is -2.36. The first-order valence-electron chi connectivity index (χ1n) is 10.6. The van der Waals surface area contributed by atoms with Crippen molar-refractivity contribution in [3.8, 4) is 0 Å². The molecule has 1 aliphatic rings. The van der Waals surface area contributed by atoms with Crippen LogP contribution in [0, 0.1) is 6.92 Å². The van der Waals surface area contributed by atoms with Crippen LogP contribution in [-0.4, -0.2) is 52.4 Å². The minimum absolute atomic E-state index is 0.124. The summed E-state index contributed by atoms with van der Waals surface area (Å²) in [5, 5.41) is 1.13. The summed E-state index contributed by atoms with van der Waals surface area (Å²) in [6, 6.07) is 6.19. The second-order valence-corrected chi connectivity index (χ2v) is 8.82.